The molecule has 17 heavy (non-hydrogen) atoms. The molecule has 1 unspecified atom stereocenters. The summed E-state index contributed by atoms with van der Waals surface area (Å²) in [5.74, 6) is 1.88. The molecule has 2 heterocycles. The van der Waals surface area contributed by atoms with Crippen molar-refractivity contribution in [3.63, 3.8) is 0 Å². The van der Waals surface area contributed by atoms with Gasteiger partial charge in [0.25, 0.3) is 0 Å². The van der Waals surface area contributed by atoms with Gasteiger partial charge in [0.2, 0.25) is 0 Å². The second kappa shape index (κ2) is 6.36. The van der Waals surface area contributed by atoms with Crippen molar-refractivity contribution in [3.8, 4) is 0 Å². The average Bonchev–Trinajstić information content (AvgIpc) is 2.38. The second-order valence-corrected chi connectivity index (χ2v) is 7.29. The zero-order valence-electron chi connectivity index (χ0n) is 10.6. The van der Waals surface area contributed by atoms with Crippen LogP contribution in [0.3, 0.4) is 0 Å². The van der Waals surface area contributed by atoms with E-state index in [2.05, 4.69) is 29.0 Å². The Bertz CT molecular complexity index is 350. The van der Waals surface area contributed by atoms with E-state index in [4.69, 9.17) is 4.98 Å². The number of aromatic nitrogens is 2. The summed E-state index contributed by atoms with van der Waals surface area (Å²) in [6.07, 6.45) is 1.92. The van der Waals surface area contributed by atoms with Crippen molar-refractivity contribution in [1.82, 2.24) is 15.3 Å². The topological polar surface area (TPSA) is 41.1 Å². The van der Waals surface area contributed by atoms with Gasteiger partial charge < -0.3 is 0 Å². The van der Waals surface area contributed by atoms with Crippen molar-refractivity contribution in [1.29, 1.82) is 0 Å². The van der Waals surface area contributed by atoms with Crippen molar-refractivity contribution in [2.75, 3.05) is 31.1 Å². The van der Waals surface area contributed by atoms with Crippen LogP contribution < -0.4 is 14.8 Å². The third-order valence-corrected chi connectivity index (χ3v) is 6.06. The summed E-state index contributed by atoms with van der Waals surface area (Å²) in [5, 5.41) is 4.64. The predicted octanol–water partition coefficient (Wildman–Crippen LogP) is 0.0223. The summed E-state index contributed by atoms with van der Waals surface area (Å²) >= 11 is -0.154. The van der Waals surface area contributed by atoms with Crippen LogP contribution in [0.5, 0.6) is 0 Å². The van der Waals surface area contributed by atoms with Gasteiger partial charge in [0.05, 0.1) is 0 Å². The van der Waals surface area contributed by atoms with Crippen molar-refractivity contribution < 1.29 is 0 Å². The van der Waals surface area contributed by atoms with Crippen molar-refractivity contribution in [3.05, 3.63) is 12.3 Å². The summed E-state index contributed by atoms with van der Waals surface area (Å²) in [4.78, 5) is 11.5. The molecule has 0 amide bonds. The molecular weight excluding hydrogens is 275 g/mol. The molecule has 5 heteroatoms. The van der Waals surface area contributed by atoms with E-state index in [0.29, 0.717) is 0 Å². The molecule has 4 nitrogen and oxygen atoms in total. The van der Waals surface area contributed by atoms with Gasteiger partial charge in [-0.25, -0.2) is 0 Å². The molecule has 0 saturated carbocycles. The first kappa shape index (κ1) is 12.8. The molecule has 1 aromatic heterocycles. The van der Waals surface area contributed by atoms with Gasteiger partial charge in [-0.15, -0.1) is 0 Å². The molecule has 1 atom stereocenters. The summed E-state index contributed by atoms with van der Waals surface area (Å²) in [7, 11) is 0. The van der Waals surface area contributed by atoms with Crippen LogP contribution in [0, 0.1) is 5.92 Å². The van der Waals surface area contributed by atoms with Gasteiger partial charge in [-0.3, -0.25) is 0 Å². The average molecular weight is 296 g/mol. The standard InChI is InChI=1S/C12H21AsN4/c1-10(2)9-13-12-15-4-3-11(16-12)17-7-5-14-6-8-17/h3-4,10,13-14H,5-9H2,1-2H3. The van der Waals surface area contributed by atoms with E-state index in [9.17, 15) is 0 Å². The van der Waals surface area contributed by atoms with E-state index in [0.717, 1.165) is 42.5 Å². The van der Waals surface area contributed by atoms with E-state index < -0.39 is 0 Å². The number of hydrogen-bond acceptors (Lipinski definition) is 4. The molecule has 0 aromatic carbocycles. The molecule has 1 N–H and O–H groups in total. The fourth-order valence-electron chi connectivity index (χ4n) is 1.80. The molecule has 1 saturated heterocycles. The molecule has 2 rings (SSSR count). The Morgan fingerprint density at radius 2 is 2.18 bits per heavy atom. The van der Waals surface area contributed by atoms with Crippen molar-refractivity contribution >= 4 is 26.2 Å². The monoisotopic (exact) mass is 296 g/mol. The van der Waals surface area contributed by atoms with Crippen molar-refractivity contribution in [2.45, 2.75) is 19.1 Å². The third-order valence-electron chi connectivity index (χ3n) is 2.75. The maximum absolute atomic E-state index is 4.71. The van der Waals surface area contributed by atoms with Crippen molar-refractivity contribution in [2.24, 2.45) is 5.92 Å². The summed E-state index contributed by atoms with van der Waals surface area (Å²) in [6, 6.07) is 2.04. The first-order valence-corrected chi connectivity index (χ1v) is 8.81. The molecule has 0 spiro atoms. The van der Waals surface area contributed by atoms with E-state index in [1.807, 2.05) is 12.3 Å². The van der Waals surface area contributed by atoms with Gasteiger partial charge in [-0.2, -0.15) is 0 Å². The fourth-order valence-corrected chi connectivity index (χ4v) is 3.79. The molecular formula is C12H21AsN4. The van der Waals surface area contributed by atoms with Crippen LogP contribution in [0.25, 0.3) is 0 Å². The van der Waals surface area contributed by atoms with Crippen LogP contribution in [0.1, 0.15) is 13.8 Å². The maximum atomic E-state index is 4.71. The number of piperazine rings is 1. The van der Waals surface area contributed by atoms with Crippen LogP contribution in [0.4, 0.5) is 5.82 Å². The summed E-state index contributed by atoms with van der Waals surface area (Å²) in [6.45, 7) is 8.76. The van der Waals surface area contributed by atoms with Gasteiger partial charge in [0.15, 0.2) is 0 Å². The van der Waals surface area contributed by atoms with Crippen LogP contribution in [-0.4, -0.2) is 51.9 Å². The van der Waals surface area contributed by atoms with Crippen LogP contribution in [0.2, 0.25) is 5.21 Å². The Morgan fingerprint density at radius 1 is 1.41 bits per heavy atom. The Labute approximate surface area is 110 Å². The number of anilines is 1. The Hall–Kier alpha value is -0.602. The molecule has 0 aliphatic carbocycles. The predicted molar refractivity (Wildman–Crippen MR) is 73.5 cm³/mol. The summed E-state index contributed by atoms with van der Waals surface area (Å²) in [5.41, 5.74) is 0. The first-order valence-electron chi connectivity index (χ1n) is 6.28. The molecule has 94 valence electrons. The molecule has 0 bridgehead atoms. The molecule has 1 aromatic rings. The van der Waals surface area contributed by atoms with E-state index >= 15 is 0 Å². The fraction of sp³-hybridized carbons (Fsp3) is 0.667. The van der Waals surface area contributed by atoms with E-state index in [1.165, 1.54) is 5.21 Å². The van der Waals surface area contributed by atoms with Crippen LogP contribution in [0.15, 0.2) is 12.3 Å². The molecule has 0 radical (unpaired) electrons. The number of nitrogens with zero attached hydrogens (tertiary/aromatic N) is 3. The van der Waals surface area contributed by atoms with Gasteiger partial charge in [0, 0.05) is 0 Å². The van der Waals surface area contributed by atoms with Crippen LogP contribution >= 0.6 is 0 Å². The number of rotatable bonds is 4. The Balaban J connectivity index is 2.00. The normalized spacial score (nSPS) is 17.2. The molecule has 1 fully saturated rings. The van der Waals surface area contributed by atoms with Gasteiger partial charge in [-0.1, -0.05) is 0 Å². The van der Waals surface area contributed by atoms with Gasteiger partial charge in [-0.05, 0) is 0 Å². The Morgan fingerprint density at radius 3 is 2.88 bits per heavy atom. The quantitative estimate of drug-likeness (QED) is 0.796. The van der Waals surface area contributed by atoms with Crippen LogP contribution in [-0.2, 0) is 0 Å². The zero-order chi connectivity index (χ0) is 12.1. The Kier molecular flexibility index (Phi) is 4.81. The summed E-state index contributed by atoms with van der Waals surface area (Å²) < 4.78 is 1.11. The number of nitrogens with one attached hydrogen (secondary N) is 1. The third kappa shape index (κ3) is 3.97. The zero-order valence-corrected chi connectivity index (χ0v) is 12.7. The number of hydrogen-bond donors (Lipinski definition) is 1. The van der Waals surface area contributed by atoms with Gasteiger partial charge >= 0.3 is 110 Å². The minimum atomic E-state index is -0.154. The van der Waals surface area contributed by atoms with E-state index in [1.54, 1.807) is 0 Å². The molecule has 1 aliphatic heterocycles. The molecule has 1 aliphatic rings. The second-order valence-electron chi connectivity index (χ2n) is 4.75. The minimum absolute atomic E-state index is 0.154. The van der Waals surface area contributed by atoms with Gasteiger partial charge in [0.1, 0.15) is 0 Å². The first-order chi connectivity index (χ1) is 8.25. The van der Waals surface area contributed by atoms with E-state index in [-0.39, 0.29) is 15.8 Å². The SMILES string of the molecule is CC(C)C[AsH]c1nccc(N2CCNCC2)n1.